The Morgan fingerprint density at radius 3 is 2.66 bits per heavy atom. The zero-order chi connectivity index (χ0) is 20.6. The summed E-state index contributed by atoms with van der Waals surface area (Å²) in [6.45, 7) is 9.10. The van der Waals surface area contributed by atoms with E-state index in [4.69, 9.17) is 15.2 Å². The van der Waals surface area contributed by atoms with E-state index < -0.39 is 0 Å². The summed E-state index contributed by atoms with van der Waals surface area (Å²) in [6, 6.07) is 6.35. The van der Waals surface area contributed by atoms with E-state index in [1.807, 2.05) is 32.0 Å². The summed E-state index contributed by atoms with van der Waals surface area (Å²) in [7, 11) is 0. The third-order valence-electron chi connectivity index (χ3n) is 5.69. The largest absolute Gasteiger partial charge is 0.492 e. The molecule has 1 aromatic carbocycles. The van der Waals surface area contributed by atoms with Crippen molar-refractivity contribution >= 4 is 17.3 Å². The van der Waals surface area contributed by atoms with Crippen LogP contribution in [-0.4, -0.2) is 62.3 Å². The van der Waals surface area contributed by atoms with Crippen molar-refractivity contribution in [3.05, 3.63) is 18.2 Å². The van der Waals surface area contributed by atoms with Gasteiger partial charge < -0.3 is 25.8 Å². The van der Waals surface area contributed by atoms with Crippen LogP contribution < -0.4 is 21.1 Å². The zero-order valence-corrected chi connectivity index (χ0v) is 17.8. The maximum absolute atomic E-state index is 12.2. The molecule has 0 spiro atoms. The predicted octanol–water partition coefficient (Wildman–Crippen LogP) is 2.48. The van der Waals surface area contributed by atoms with Gasteiger partial charge in [0.1, 0.15) is 12.4 Å². The zero-order valence-electron chi connectivity index (χ0n) is 17.8. The first-order chi connectivity index (χ1) is 14.0. The first-order valence-corrected chi connectivity index (χ1v) is 10.9. The Balaban J connectivity index is 1.45. The number of rotatable bonds is 8. The molecule has 1 aliphatic carbocycles. The number of ether oxygens (including phenoxy) is 2. The Hall–Kier alpha value is -1.99. The summed E-state index contributed by atoms with van der Waals surface area (Å²) < 4.78 is 11.3. The number of nitrogens with two attached hydrogens (primary N) is 1. The minimum Gasteiger partial charge on any atom is -0.492 e. The Bertz CT molecular complexity index is 653. The summed E-state index contributed by atoms with van der Waals surface area (Å²) in [5.74, 6) is 1.15. The molecule has 0 radical (unpaired) electrons. The topological polar surface area (TPSA) is 88.8 Å². The van der Waals surface area contributed by atoms with E-state index in [9.17, 15) is 4.79 Å². The van der Waals surface area contributed by atoms with Crippen LogP contribution in [0, 0.1) is 5.92 Å². The van der Waals surface area contributed by atoms with Gasteiger partial charge in [0.15, 0.2) is 0 Å². The van der Waals surface area contributed by atoms with E-state index in [0.29, 0.717) is 12.6 Å². The Morgan fingerprint density at radius 1 is 1.24 bits per heavy atom. The highest BCUT2D eigenvalue weighted by Crippen LogP contribution is 2.30. The van der Waals surface area contributed by atoms with Gasteiger partial charge in [-0.1, -0.05) is 0 Å². The van der Waals surface area contributed by atoms with Crippen LogP contribution in [0.3, 0.4) is 0 Å². The average molecular weight is 405 g/mol. The maximum atomic E-state index is 12.2. The lowest BCUT2D eigenvalue weighted by molar-refractivity contribution is -0.126. The molecule has 4 N–H and O–H groups in total. The molecule has 3 rings (SSSR count). The molecule has 1 aromatic rings. The first kappa shape index (κ1) is 21.7. The van der Waals surface area contributed by atoms with Crippen LogP contribution in [0.1, 0.15) is 39.5 Å². The van der Waals surface area contributed by atoms with Crippen LogP contribution >= 0.6 is 0 Å². The second-order valence-electron chi connectivity index (χ2n) is 8.41. The van der Waals surface area contributed by atoms with Crippen molar-refractivity contribution in [1.82, 2.24) is 10.2 Å². The lowest BCUT2D eigenvalue weighted by Crippen LogP contribution is -2.39. The molecule has 29 heavy (non-hydrogen) atoms. The summed E-state index contributed by atoms with van der Waals surface area (Å²) in [5.41, 5.74) is 7.83. The van der Waals surface area contributed by atoms with Gasteiger partial charge in [-0.25, -0.2) is 0 Å². The fraction of sp³-hybridized carbons (Fsp3) is 0.682. The Labute approximate surface area is 174 Å². The normalized spacial score (nSPS) is 23.0. The lowest BCUT2D eigenvalue weighted by atomic mass is 9.85. The number of carbonyl (C=O) groups is 1. The van der Waals surface area contributed by atoms with Gasteiger partial charge in [0.25, 0.3) is 0 Å². The van der Waals surface area contributed by atoms with Gasteiger partial charge in [-0.15, -0.1) is 0 Å². The molecule has 1 heterocycles. The number of nitrogen functional groups attached to an aromatic ring is 1. The molecular weight excluding hydrogens is 368 g/mol. The van der Waals surface area contributed by atoms with Crippen LogP contribution in [0.5, 0.6) is 5.75 Å². The van der Waals surface area contributed by atoms with E-state index >= 15 is 0 Å². The van der Waals surface area contributed by atoms with Crippen molar-refractivity contribution in [2.45, 2.75) is 51.6 Å². The highest BCUT2D eigenvalue weighted by molar-refractivity contribution is 5.79. The number of nitrogens with one attached hydrogen (secondary N) is 2. The Kier molecular flexibility index (Phi) is 8.00. The molecule has 1 aliphatic heterocycles. The lowest BCUT2D eigenvalue weighted by Gasteiger charge is -2.30. The minimum absolute atomic E-state index is 0.127. The smallest absolute Gasteiger partial charge is 0.223 e. The predicted molar refractivity (Wildman–Crippen MR) is 116 cm³/mol. The molecule has 162 valence electrons. The third-order valence-corrected chi connectivity index (χ3v) is 5.69. The van der Waals surface area contributed by atoms with Crippen LogP contribution in [0.2, 0.25) is 0 Å². The Morgan fingerprint density at radius 2 is 1.97 bits per heavy atom. The molecule has 1 saturated heterocycles. The van der Waals surface area contributed by atoms with Gasteiger partial charge in [0.05, 0.1) is 24.6 Å². The molecule has 2 aliphatic rings. The quantitative estimate of drug-likeness (QED) is 0.577. The number of hydrogen-bond donors (Lipinski definition) is 3. The number of amides is 1. The van der Waals surface area contributed by atoms with Gasteiger partial charge >= 0.3 is 0 Å². The number of hydrogen-bond acceptors (Lipinski definition) is 6. The van der Waals surface area contributed by atoms with Crippen LogP contribution in [0.25, 0.3) is 0 Å². The number of nitrogens with zero attached hydrogens (tertiary/aromatic N) is 1. The van der Waals surface area contributed by atoms with Gasteiger partial charge in [-0.3, -0.25) is 9.69 Å². The van der Waals surface area contributed by atoms with E-state index in [1.165, 1.54) is 0 Å². The molecule has 0 atom stereocenters. The molecule has 0 unspecified atom stereocenters. The number of benzene rings is 1. The second kappa shape index (κ2) is 10.7. The van der Waals surface area contributed by atoms with E-state index in [0.717, 1.165) is 75.7 Å². The van der Waals surface area contributed by atoms with Crippen molar-refractivity contribution in [3.8, 4) is 5.75 Å². The van der Waals surface area contributed by atoms with Gasteiger partial charge in [-0.05, 0) is 51.7 Å². The molecule has 2 fully saturated rings. The molecule has 0 aromatic heterocycles. The van der Waals surface area contributed by atoms with E-state index in [-0.39, 0.29) is 17.9 Å². The molecule has 7 nitrogen and oxygen atoms in total. The monoisotopic (exact) mass is 404 g/mol. The average Bonchev–Trinajstić information content (AvgIpc) is 2.71. The van der Waals surface area contributed by atoms with Gasteiger partial charge in [0, 0.05) is 43.7 Å². The number of carbonyl (C=O) groups excluding carboxylic acids is 1. The highest BCUT2D eigenvalue weighted by atomic mass is 16.5. The molecule has 0 bridgehead atoms. The summed E-state index contributed by atoms with van der Waals surface area (Å²) in [4.78, 5) is 14.6. The summed E-state index contributed by atoms with van der Waals surface area (Å²) in [6.07, 6.45) is 3.76. The van der Waals surface area contributed by atoms with Crippen molar-refractivity contribution in [2.75, 3.05) is 50.5 Å². The van der Waals surface area contributed by atoms with Crippen LogP contribution in [0.15, 0.2) is 18.2 Å². The number of morpholine rings is 1. The van der Waals surface area contributed by atoms with Crippen LogP contribution in [-0.2, 0) is 9.53 Å². The molecular formula is C22H36N4O3. The highest BCUT2D eigenvalue weighted by Gasteiger charge is 2.26. The van der Waals surface area contributed by atoms with E-state index in [1.54, 1.807) is 0 Å². The minimum atomic E-state index is 0.127. The maximum Gasteiger partial charge on any atom is 0.223 e. The van der Waals surface area contributed by atoms with Crippen LogP contribution in [0.4, 0.5) is 11.4 Å². The van der Waals surface area contributed by atoms with Crippen molar-refractivity contribution in [1.29, 1.82) is 0 Å². The van der Waals surface area contributed by atoms with Crippen molar-refractivity contribution in [3.63, 3.8) is 0 Å². The van der Waals surface area contributed by atoms with Gasteiger partial charge in [0.2, 0.25) is 5.91 Å². The van der Waals surface area contributed by atoms with Crippen molar-refractivity contribution in [2.24, 2.45) is 5.92 Å². The SMILES string of the molecule is CC(C)NC(=O)[C@H]1CC[C@@H](Nc2cc(OCCN3CCOCC3)ccc2N)CC1. The fourth-order valence-electron chi connectivity index (χ4n) is 3.99. The summed E-state index contributed by atoms with van der Waals surface area (Å²) in [5, 5.41) is 6.60. The molecule has 1 saturated carbocycles. The number of anilines is 2. The molecule has 1 amide bonds. The fourth-order valence-corrected chi connectivity index (χ4v) is 3.99. The second-order valence-corrected chi connectivity index (χ2v) is 8.41. The third kappa shape index (κ3) is 6.78. The summed E-state index contributed by atoms with van der Waals surface area (Å²) >= 11 is 0. The van der Waals surface area contributed by atoms with Gasteiger partial charge in [-0.2, -0.15) is 0 Å². The van der Waals surface area contributed by atoms with Crippen molar-refractivity contribution < 1.29 is 14.3 Å². The first-order valence-electron chi connectivity index (χ1n) is 10.9. The van der Waals surface area contributed by atoms with E-state index in [2.05, 4.69) is 15.5 Å². The molecule has 7 heteroatoms. The standard InChI is InChI=1S/C22H36N4O3/c1-16(2)24-22(27)17-3-5-18(6-4-17)25-21-15-19(7-8-20(21)23)29-14-11-26-9-12-28-13-10-26/h7-8,15-18,25H,3-6,9-14,23H2,1-2H3,(H,24,27)/t17-,18+.